The number of H-pyrrole nitrogens is 1. The van der Waals surface area contributed by atoms with Crippen LogP contribution in [-0.2, 0) is 6.42 Å². The van der Waals surface area contributed by atoms with Crippen molar-refractivity contribution in [1.82, 2.24) is 14.6 Å². The fraction of sp³-hybridized carbons (Fsp3) is 0.250. The van der Waals surface area contributed by atoms with Gasteiger partial charge >= 0.3 is 0 Å². The Hall–Kier alpha value is -2.40. The topological polar surface area (TPSA) is 76.2 Å². The first kappa shape index (κ1) is 13.6. The lowest BCUT2D eigenvalue weighted by Gasteiger charge is -1.99. The van der Waals surface area contributed by atoms with E-state index in [1.807, 2.05) is 31.2 Å². The molecule has 0 aliphatic heterocycles. The minimum atomic E-state index is -0.0917. The summed E-state index contributed by atoms with van der Waals surface area (Å²) in [5.41, 5.74) is 9.96. The summed E-state index contributed by atoms with van der Waals surface area (Å²) in [6.07, 6.45) is 1.56. The molecule has 0 saturated heterocycles. The predicted molar refractivity (Wildman–Crippen MR) is 83.4 cm³/mol. The molecule has 108 valence electrons. The van der Waals surface area contributed by atoms with Crippen molar-refractivity contribution in [3.05, 3.63) is 58.0 Å². The van der Waals surface area contributed by atoms with Crippen LogP contribution in [-0.4, -0.2) is 21.1 Å². The highest BCUT2D eigenvalue weighted by Gasteiger charge is 2.08. The van der Waals surface area contributed by atoms with Gasteiger partial charge in [0.15, 0.2) is 5.65 Å². The van der Waals surface area contributed by atoms with Crippen LogP contribution >= 0.6 is 0 Å². The average Bonchev–Trinajstić information content (AvgIpc) is 2.90. The number of aromatic amines is 1. The monoisotopic (exact) mass is 282 g/mol. The molecular formula is C16H18N4O. The average molecular weight is 282 g/mol. The first-order chi connectivity index (χ1) is 10.2. The van der Waals surface area contributed by atoms with E-state index in [-0.39, 0.29) is 5.56 Å². The quantitative estimate of drug-likeness (QED) is 0.767. The minimum Gasteiger partial charge on any atom is -0.330 e. The summed E-state index contributed by atoms with van der Waals surface area (Å²) in [7, 11) is 0. The van der Waals surface area contributed by atoms with Crippen LogP contribution < -0.4 is 11.3 Å². The molecule has 1 aromatic carbocycles. The van der Waals surface area contributed by atoms with Crippen LogP contribution in [0.2, 0.25) is 0 Å². The molecular weight excluding hydrogens is 264 g/mol. The van der Waals surface area contributed by atoms with Gasteiger partial charge in [0.25, 0.3) is 5.56 Å². The maximum atomic E-state index is 12.1. The van der Waals surface area contributed by atoms with Gasteiger partial charge in [0, 0.05) is 17.8 Å². The zero-order chi connectivity index (χ0) is 14.8. The van der Waals surface area contributed by atoms with E-state index >= 15 is 0 Å². The molecule has 0 aliphatic carbocycles. The number of benzene rings is 1. The van der Waals surface area contributed by atoms with E-state index in [2.05, 4.69) is 16.1 Å². The maximum absolute atomic E-state index is 12.1. The van der Waals surface area contributed by atoms with Crippen molar-refractivity contribution in [2.75, 3.05) is 6.54 Å². The normalized spacial score (nSPS) is 11.1. The number of aromatic nitrogens is 3. The summed E-state index contributed by atoms with van der Waals surface area (Å²) in [4.78, 5) is 16.7. The van der Waals surface area contributed by atoms with E-state index in [9.17, 15) is 4.79 Å². The zero-order valence-electron chi connectivity index (χ0n) is 12.0. The van der Waals surface area contributed by atoms with E-state index in [4.69, 9.17) is 5.73 Å². The molecule has 0 fully saturated rings. The molecule has 2 heterocycles. The van der Waals surface area contributed by atoms with E-state index in [0.717, 1.165) is 29.8 Å². The van der Waals surface area contributed by atoms with Crippen molar-refractivity contribution >= 4 is 5.65 Å². The molecule has 0 bridgehead atoms. The first-order valence-electron chi connectivity index (χ1n) is 7.06. The molecule has 21 heavy (non-hydrogen) atoms. The zero-order valence-corrected chi connectivity index (χ0v) is 12.0. The van der Waals surface area contributed by atoms with Gasteiger partial charge < -0.3 is 5.73 Å². The number of nitrogens with two attached hydrogens (primary N) is 1. The molecule has 5 nitrogen and oxygen atoms in total. The largest absolute Gasteiger partial charge is 0.330 e. The van der Waals surface area contributed by atoms with E-state index in [1.165, 1.54) is 10.1 Å². The third kappa shape index (κ3) is 2.73. The number of hydrogen-bond donors (Lipinski definition) is 2. The molecule has 0 spiro atoms. The second kappa shape index (κ2) is 5.54. The van der Waals surface area contributed by atoms with Crippen LogP contribution in [0.15, 0.2) is 41.2 Å². The second-order valence-electron chi connectivity index (χ2n) is 5.21. The Morgan fingerprint density at radius 1 is 1.29 bits per heavy atom. The summed E-state index contributed by atoms with van der Waals surface area (Å²) in [6, 6.07) is 11.6. The molecule has 0 saturated carbocycles. The van der Waals surface area contributed by atoms with Crippen LogP contribution in [0.3, 0.4) is 0 Å². The Morgan fingerprint density at radius 3 is 2.90 bits per heavy atom. The van der Waals surface area contributed by atoms with Crippen molar-refractivity contribution in [3.8, 4) is 11.3 Å². The van der Waals surface area contributed by atoms with Gasteiger partial charge in [-0.1, -0.05) is 23.8 Å². The Kier molecular flexibility index (Phi) is 3.58. The van der Waals surface area contributed by atoms with E-state index in [0.29, 0.717) is 12.2 Å². The molecule has 3 rings (SSSR count). The van der Waals surface area contributed by atoms with Crippen molar-refractivity contribution in [3.63, 3.8) is 0 Å². The molecule has 0 atom stereocenters. The van der Waals surface area contributed by atoms with E-state index in [1.54, 1.807) is 6.07 Å². The lowest BCUT2D eigenvalue weighted by atomic mass is 10.1. The Labute approximate surface area is 122 Å². The lowest BCUT2D eigenvalue weighted by molar-refractivity contribution is 0.796. The molecule has 3 N–H and O–H groups in total. The lowest BCUT2D eigenvalue weighted by Crippen LogP contribution is -2.16. The Bertz CT molecular complexity index is 832. The number of rotatable bonds is 4. The SMILES string of the molecule is Cc1cccc(-c2cc3nc(CCCN)cc(=O)n3[nH]2)c1. The van der Waals surface area contributed by atoms with Gasteiger partial charge in [-0.2, -0.15) is 0 Å². The van der Waals surface area contributed by atoms with Crippen molar-refractivity contribution in [2.24, 2.45) is 5.73 Å². The van der Waals surface area contributed by atoms with Gasteiger partial charge in [-0.3, -0.25) is 9.89 Å². The molecule has 5 heteroatoms. The molecule has 0 radical (unpaired) electrons. The van der Waals surface area contributed by atoms with Gasteiger partial charge in [-0.25, -0.2) is 9.50 Å². The number of fused-ring (bicyclic) bond motifs is 1. The highest BCUT2D eigenvalue weighted by Crippen LogP contribution is 2.19. The van der Waals surface area contributed by atoms with Crippen molar-refractivity contribution in [2.45, 2.75) is 19.8 Å². The third-order valence-electron chi connectivity index (χ3n) is 3.47. The van der Waals surface area contributed by atoms with Gasteiger partial charge in [-0.15, -0.1) is 0 Å². The third-order valence-corrected chi connectivity index (χ3v) is 3.47. The minimum absolute atomic E-state index is 0.0917. The van der Waals surface area contributed by atoms with Crippen LogP contribution in [0.25, 0.3) is 16.9 Å². The number of aryl methyl sites for hydroxylation is 2. The van der Waals surface area contributed by atoms with Gasteiger partial charge in [0.1, 0.15) is 0 Å². The van der Waals surface area contributed by atoms with Crippen LogP contribution in [0.4, 0.5) is 0 Å². The highest BCUT2D eigenvalue weighted by atomic mass is 16.1. The maximum Gasteiger partial charge on any atom is 0.272 e. The van der Waals surface area contributed by atoms with Crippen LogP contribution in [0.5, 0.6) is 0 Å². The molecule has 0 aliphatic rings. The fourth-order valence-corrected chi connectivity index (χ4v) is 2.41. The fourth-order valence-electron chi connectivity index (χ4n) is 2.41. The molecule has 3 aromatic rings. The summed E-state index contributed by atoms with van der Waals surface area (Å²) in [6.45, 7) is 2.64. The smallest absolute Gasteiger partial charge is 0.272 e. The van der Waals surface area contributed by atoms with Crippen LogP contribution in [0, 0.1) is 6.92 Å². The molecule has 0 unspecified atom stereocenters. The summed E-state index contributed by atoms with van der Waals surface area (Å²) < 4.78 is 1.48. The summed E-state index contributed by atoms with van der Waals surface area (Å²) in [5, 5.41) is 3.11. The summed E-state index contributed by atoms with van der Waals surface area (Å²) >= 11 is 0. The van der Waals surface area contributed by atoms with Crippen molar-refractivity contribution < 1.29 is 0 Å². The number of nitrogens with zero attached hydrogens (tertiary/aromatic N) is 2. The van der Waals surface area contributed by atoms with Gasteiger partial charge in [0.2, 0.25) is 0 Å². The summed E-state index contributed by atoms with van der Waals surface area (Å²) in [5.74, 6) is 0. The van der Waals surface area contributed by atoms with Gasteiger partial charge in [0.05, 0.1) is 5.69 Å². The molecule has 0 amide bonds. The highest BCUT2D eigenvalue weighted by molar-refractivity contribution is 5.64. The van der Waals surface area contributed by atoms with Crippen molar-refractivity contribution in [1.29, 1.82) is 0 Å². The second-order valence-corrected chi connectivity index (χ2v) is 5.21. The Morgan fingerprint density at radius 2 is 2.14 bits per heavy atom. The van der Waals surface area contributed by atoms with Crippen LogP contribution in [0.1, 0.15) is 17.7 Å². The standard InChI is InChI=1S/C16H18N4O/c1-11-4-2-5-12(8-11)14-10-15-18-13(6-3-7-17)9-16(21)20(15)19-14/h2,4-5,8-10,19H,3,6-7,17H2,1H3. The predicted octanol–water partition coefficient (Wildman–Crippen LogP) is 1.89. The number of nitrogens with one attached hydrogen (secondary N) is 1. The number of hydrogen-bond acceptors (Lipinski definition) is 3. The Balaban J connectivity index is 2.07. The first-order valence-corrected chi connectivity index (χ1v) is 7.06. The molecule has 2 aromatic heterocycles. The van der Waals surface area contributed by atoms with Gasteiger partial charge in [-0.05, 0) is 37.9 Å². The van der Waals surface area contributed by atoms with E-state index < -0.39 is 0 Å².